The van der Waals surface area contributed by atoms with Crippen molar-refractivity contribution in [2.24, 2.45) is 23.2 Å². The van der Waals surface area contributed by atoms with Crippen LogP contribution in [0.4, 0.5) is 0 Å². The van der Waals surface area contributed by atoms with E-state index in [9.17, 15) is 0 Å². The summed E-state index contributed by atoms with van der Waals surface area (Å²) in [6.45, 7) is 5.10. The van der Waals surface area contributed by atoms with Crippen LogP contribution in [0.25, 0.3) is 11.1 Å². The standard InChI is InChI=1S/C54H55N3/c1-53(2)46-29-28-41(32-43(46)45-34-49-44(33-48(45)53)42-18-10-11-19-47(42)54(49)30-12-5-13-31-54)37-22-26-40(27-23-37)52-56-50(38-16-8-4-9-17-38)55-51(57-52)39-24-20-36(21-25-39)35-14-6-3-7-15-35/h3-4,6-11,14-20,22-29,32,34,36,43,46,48,50-52,55-57H,5,12-13,21,30-31,33H2,1-2H3. The minimum Gasteiger partial charge on any atom is -0.279 e. The number of hydrogen-bond donors (Lipinski definition) is 3. The number of fused-ring (bicyclic) bond motifs is 7. The summed E-state index contributed by atoms with van der Waals surface area (Å²) in [5.41, 5.74) is 16.5. The average molecular weight is 746 g/mol. The molecule has 57 heavy (non-hydrogen) atoms. The predicted octanol–water partition coefficient (Wildman–Crippen LogP) is 12.0. The topological polar surface area (TPSA) is 36.1 Å². The second-order valence-corrected chi connectivity index (χ2v) is 18.5. The number of rotatable bonds is 5. The third-order valence-corrected chi connectivity index (χ3v) is 15.2. The maximum Gasteiger partial charge on any atom is 0.0864 e. The zero-order valence-electron chi connectivity index (χ0n) is 33.4. The molecule has 2 saturated carbocycles. The van der Waals surface area contributed by atoms with E-state index in [0.717, 1.165) is 6.42 Å². The summed E-state index contributed by atoms with van der Waals surface area (Å²) in [5.74, 6) is 1.96. The average Bonchev–Trinajstić information content (AvgIpc) is 3.66. The molecule has 1 saturated heterocycles. The maximum atomic E-state index is 3.93. The fourth-order valence-electron chi connectivity index (χ4n) is 12.1. The molecule has 7 unspecified atom stereocenters. The van der Waals surface area contributed by atoms with E-state index in [1.165, 1.54) is 71.9 Å². The molecule has 286 valence electrons. The summed E-state index contributed by atoms with van der Waals surface area (Å²) in [5, 5.41) is 11.7. The summed E-state index contributed by atoms with van der Waals surface area (Å²) in [4.78, 5) is 0. The van der Waals surface area contributed by atoms with Crippen LogP contribution < -0.4 is 16.0 Å². The molecule has 1 spiro atoms. The van der Waals surface area contributed by atoms with Gasteiger partial charge in [-0.15, -0.1) is 0 Å². The van der Waals surface area contributed by atoms with Gasteiger partial charge in [0.05, 0.1) is 18.5 Å². The van der Waals surface area contributed by atoms with E-state index >= 15 is 0 Å². The van der Waals surface area contributed by atoms with Crippen molar-refractivity contribution >= 4 is 11.1 Å². The molecule has 0 amide bonds. The van der Waals surface area contributed by atoms with E-state index in [-0.39, 0.29) is 29.3 Å². The normalized spacial score (nSPS) is 30.5. The minimum absolute atomic E-state index is 0.00851. The molecule has 0 bridgehead atoms. The molecule has 3 N–H and O–H groups in total. The van der Waals surface area contributed by atoms with E-state index in [4.69, 9.17) is 0 Å². The minimum atomic E-state index is -0.00851. The molecular formula is C54H55N3. The van der Waals surface area contributed by atoms with Crippen molar-refractivity contribution in [1.82, 2.24) is 16.0 Å². The third-order valence-electron chi connectivity index (χ3n) is 15.2. The molecule has 1 aliphatic heterocycles. The van der Waals surface area contributed by atoms with Crippen LogP contribution in [0.1, 0.15) is 110 Å². The van der Waals surface area contributed by atoms with Crippen LogP contribution >= 0.6 is 0 Å². The lowest BCUT2D eigenvalue weighted by Gasteiger charge is -2.40. The molecule has 3 nitrogen and oxygen atoms in total. The maximum absolute atomic E-state index is 3.93. The van der Waals surface area contributed by atoms with Crippen molar-refractivity contribution in [3.8, 4) is 0 Å². The van der Waals surface area contributed by atoms with Crippen molar-refractivity contribution in [2.75, 3.05) is 0 Å². The van der Waals surface area contributed by atoms with Gasteiger partial charge in [-0.2, -0.15) is 0 Å². The molecule has 0 radical (unpaired) electrons. The highest BCUT2D eigenvalue weighted by Crippen LogP contribution is 2.65. The van der Waals surface area contributed by atoms with Gasteiger partial charge >= 0.3 is 0 Å². The number of nitrogens with one attached hydrogen (secondary N) is 3. The van der Waals surface area contributed by atoms with Gasteiger partial charge in [0.15, 0.2) is 0 Å². The van der Waals surface area contributed by atoms with Crippen molar-refractivity contribution in [1.29, 1.82) is 0 Å². The van der Waals surface area contributed by atoms with Crippen molar-refractivity contribution < 1.29 is 0 Å². The van der Waals surface area contributed by atoms with Gasteiger partial charge in [0.25, 0.3) is 0 Å². The van der Waals surface area contributed by atoms with Crippen LogP contribution in [0.15, 0.2) is 168 Å². The van der Waals surface area contributed by atoms with Crippen molar-refractivity contribution in [3.05, 3.63) is 202 Å². The Morgan fingerprint density at radius 2 is 1.30 bits per heavy atom. The first-order chi connectivity index (χ1) is 28.0. The Balaban J connectivity index is 0.874. The molecule has 6 aliphatic carbocycles. The summed E-state index contributed by atoms with van der Waals surface area (Å²) in [7, 11) is 0. The smallest absolute Gasteiger partial charge is 0.0864 e. The second kappa shape index (κ2) is 13.9. The summed E-state index contributed by atoms with van der Waals surface area (Å²) < 4.78 is 0. The van der Waals surface area contributed by atoms with Crippen molar-refractivity contribution in [3.63, 3.8) is 0 Å². The Hall–Kier alpha value is -4.80. The van der Waals surface area contributed by atoms with Crippen LogP contribution in [0, 0.1) is 23.2 Å². The Morgan fingerprint density at radius 1 is 0.632 bits per heavy atom. The van der Waals surface area contributed by atoms with Gasteiger partial charge < -0.3 is 0 Å². The lowest BCUT2D eigenvalue weighted by atomic mass is 9.64. The quantitative estimate of drug-likeness (QED) is 0.190. The Morgan fingerprint density at radius 3 is 2.02 bits per heavy atom. The zero-order chi connectivity index (χ0) is 38.1. The molecule has 7 atom stereocenters. The first kappa shape index (κ1) is 35.4. The fourth-order valence-corrected chi connectivity index (χ4v) is 12.1. The largest absolute Gasteiger partial charge is 0.279 e. The van der Waals surface area contributed by atoms with Crippen LogP contribution in [-0.2, 0) is 5.41 Å². The van der Waals surface area contributed by atoms with Crippen molar-refractivity contribution in [2.45, 2.75) is 88.6 Å². The van der Waals surface area contributed by atoms with Gasteiger partial charge in [0.1, 0.15) is 0 Å². The second-order valence-electron chi connectivity index (χ2n) is 18.5. The lowest BCUT2D eigenvalue weighted by molar-refractivity contribution is 0.220. The van der Waals surface area contributed by atoms with E-state index < -0.39 is 0 Å². The highest BCUT2D eigenvalue weighted by Gasteiger charge is 2.55. The number of hydrogen-bond acceptors (Lipinski definition) is 3. The van der Waals surface area contributed by atoms with Crippen LogP contribution in [0.3, 0.4) is 0 Å². The Kier molecular flexibility index (Phi) is 8.65. The number of allylic oxidation sites excluding steroid dienone is 10. The van der Waals surface area contributed by atoms with Crippen LogP contribution in [0.2, 0.25) is 0 Å². The van der Waals surface area contributed by atoms with Gasteiger partial charge in [-0.1, -0.05) is 190 Å². The molecule has 1 heterocycles. The van der Waals surface area contributed by atoms with Gasteiger partial charge in [0.2, 0.25) is 0 Å². The molecule has 3 heteroatoms. The van der Waals surface area contributed by atoms with Crippen LogP contribution in [0.5, 0.6) is 0 Å². The molecule has 11 rings (SSSR count). The Bertz CT molecular complexity index is 2370. The van der Waals surface area contributed by atoms with Crippen LogP contribution in [-0.4, -0.2) is 6.17 Å². The fraction of sp³-hybridized carbons (Fsp3) is 0.333. The first-order valence-corrected chi connectivity index (χ1v) is 21.8. The monoisotopic (exact) mass is 745 g/mol. The summed E-state index contributed by atoms with van der Waals surface area (Å²) in [6, 6.07) is 40.5. The van der Waals surface area contributed by atoms with Gasteiger partial charge in [-0.3, -0.25) is 16.0 Å². The first-order valence-electron chi connectivity index (χ1n) is 21.8. The molecule has 0 aromatic heterocycles. The van der Waals surface area contributed by atoms with Gasteiger partial charge in [0, 0.05) is 17.3 Å². The molecule has 4 aromatic carbocycles. The third kappa shape index (κ3) is 5.88. The van der Waals surface area contributed by atoms with E-state index in [2.05, 4.69) is 182 Å². The van der Waals surface area contributed by atoms with E-state index in [0.29, 0.717) is 23.7 Å². The molecular weight excluding hydrogens is 691 g/mol. The van der Waals surface area contributed by atoms with E-state index in [1.54, 1.807) is 27.8 Å². The predicted molar refractivity (Wildman–Crippen MR) is 235 cm³/mol. The zero-order valence-corrected chi connectivity index (χ0v) is 33.4. The number of benzene rings is 4. The SMILES string of the molecule is CC1(C)C2CC3=C(C=C2C2C=C(c4ccc(C5NC(C6=CCC(c7ccccc7)C=C6)NC(c6ccccc6)N5)cc4)C=CC21)C1(CCCCC1)c1ccccc13. The highest BCUT2D eigenvalue weighted by molar-refractivity contribution is 5.85. The molecule has 3 fully saturated rings. The van der Waals surface area contributed by atoms with Gasteiger partial charge in [-0.25, -0.2) is 0 Å². The van der Waals surface area contributed by atoms with Gasteiger partial charge in [-0.05, 0) is 98.6 Å². The van der Waals surface area contributed by atoms with E-state index in [1.807, 2.05) is 0 Å². The molecule has 7 aliphatic rings. The summed E-state index contributed by atoms with van der Waals surface area (Å²) >= 11 is 0. The Labute approximate surface area is 339 Å². The summed E-state index contributed by atoms with van der Waals surface area (Å²) in [6.07, 6.45) is 26.4. The highest BCUT2D eigenvalue weighted by atomic mass is 15.4. The molecule has 4 aromatic rings. The lowest BCUT2D eigenvalue weighted by Crippen LogP contribution is -2.59.